The second-order valence-corrected chi connectivity index (χ2v) is 12.8. The summed E-state index contributed by atoms with van der Waals surface area (Å²) in [5, 5.41) is 5.63. The van der Waals surface area contributed by atoms with Crippen LogP contribution in [-0.2, 0) is 16.4 Å². The van der Waals surface area contributed by atoms with Crippen molar-refractivity contribution in [3.8, 4) is 26.7 Å². The number of para-hydroxylation sites is 1. The fraction of sp³-hybridized carbons (Fsp3) is 0.296. The summed E-state index contributed by atoms with van der Waals surface area (Å²) in [5.74, 6) is 0.705. The van der Waals surface area contributed by atoms with E-state index in [1.54, 1.807) is 29.5 Å². The monoisotopic (exact) mass is 525 g/mol. The third-order valence-corrected chi connectivity index (χ3v) is 8.96. The van der Waals surface area contributed by atoms with Gasteiger partial charge in [0.25, 0.3) is 0 Å². The Kier molecular flexibility index (Phi) is 6.86. The molecule has 1 atom stereocenters. The van der Waals surface area contributed by atoms with Gasteiger partial charge < -0.3 is 0 Å². The second kappa shape index (κ2) is 9.90. The lowest BCUT2D eigenvalue weighted by atomic mass is 10.0. The van der Waals surface area contributed by atoms with Crippen LogP contribution in [0.25, 0.3) is 26.7 Å². The summed E-state index contributed by atoms with van der Waals surface area (Å²) >= 11 is 8.20. The number of hydrogen-bond acceptors (Lipinski definition) is 5. The Labute approximate surface area is 215 Å². The van der Waals surface area contributed by atoms with Crippen LogP contribution in [0.3, 0.4) is 0 Å². The lowest BCUT2D eigenvalue weighted by molar-refractivity contribution is 0.174. The maximum absolute atomic E-state index is 12.0. The number of benzene rings is 2. The van der Waals surface area contributed by atoms with E-state index in [0.29, 0.717) is 15.8 Å². The van der Waals surface area contributed by atoms with Crippen molar-refractivity contribution in [1.29, 1.82) is 0 Å². The average Bonchev–Trinajstić information content (AvgIpc) is 3.46. The standard InChI is InChI=1S/C27H28ClN3O2S2/c1-19-7-6-14-30(17-19)18-21-16-25(31(29-21)24-11-4-3-10-23(24)28)27-13-12-26(34-27)20-8-5-9-22(15-20)35(2,32)33/h3-5,8-13,15-16,19H,6-7,14,17-18H2,1-2H3. The Morgan fingerprint density at radius 1 is 1.06 bits per heavy atom. The van der Waals surface area contributed by atoms with Gasteiger partial charge in [0.15, 0.2) is 9.84 Å². The Balaban J connectivity index is 1.53. The first kappa shape index (κ1) is 24.3. The molecule has 1 fully saturated rings. The first-order valence-corrected chi connectivity index (χ1v) is 14.8. The number of sulfone groups is 1. The van der Waals surface area contributed by atoms with Gasteiger partial charge in [0.05, 0.1) is 31.9 Å². The summed E-state index contributed by atoms with van der Waals surface area (Å²) in [5.41, 5.74) is 3.73. The molecule has 0 saturated carbocycles. The number of thiophene rings is 1. The SMILES string of the molecule is CC1CCCN(Cc2cc(-c3ccc(-c4cccc(S(C)(=O)=O)c4)s3)n(-c3ccccc3Cl)n2)C1. The molecule has 8 heteroatoms. The van der Waals surface area contributed by atoms with Crippen LogP contribution in [0, 0.1) is 5.92 Å². The summed E-state index contributed by atoms with van der Waals surface area (Å²) in [6, 6.07) is 21.1. The van der Waals surface area contributed by atoms with Gasteiger partial charge in [-0.1, -0.05) is 42.8 Å². The summed E-state index contributed by atoms with van der Waals surface area (Å²) < 4.78 is 26.0. The smallest absolute Gasteiger partial charge is 0.175 e. The van der Waals surface area contributed by atoms with E-state index in [4.69, 9.17) is 16.7 Å². The molecule has 0 bridgehead atoms. The van der Waals surface area contributed by atoms with Crippen LogP contribution < -0.4 is 0 Å². The quantitative estimate of drug-likeness (QED) is 0.286. The minimum absolute atomic E-state index is 0.323. The first-order chi connectivity index (χ1) is 16.8. The summed E-state index contributed by atoms with van der Waals surface area (Å²) in [7, 11) is -3.27. The maximum atomic E-state index is 12.0. The number of piperidine rings is 1. The maximum Gasteiger partial charge on any atom is 0.175 e. The number of likely N-dealkylation sites (tertiary alicyclic amines) is 1. The summed E-state index contributed by atoms with van der Waals surface area (Å²) in [6.07, 6.45) is 3.74. The summed E-state index contributed by atoms with van der Waals surface area (Å²) in [6.45, 7) is 5.31. The molecule has 5 rings (SSSR count). The molecule has 1 unspecified atom stereocenters. The van der Waals surface area contributed by atoms with Crippen molar-refractivity contribution in [3.63, 3.8) is 0 Å². The molecule has 35 heavy (non-hydrogen) atoms. The minimum atomic E-state index is -3.27. The number of hydrogen-bond donors (Lipinski definition) is 0. The lowest BCUT2D eigenvalue weighted by Crippen LogP contribution is -2.33. The van der Waals surface area contributed by atoms with E-state index >= 15 is 0 Å². The largest absolute Gasteiger partial charge is 0.297 e. The fourth-order valence-corrected chi connectivity index (χ4v) is 6.55. The van der Waals surface area contributed by atoms with Crippen molar-refractivity contribution in [2.75, 3.05) is 19.3 Å². The molecule has 2 aromatic carbocycles. The predicted octanol–water partition coefficient (Wildman–Crippen LogP) is 6.56. The normalized spacial score (nSPS) is 17.1. The Bertz CT molecular complexity index is 1460. The van der Waals surface area contributed by atoms with Crippen LogP contribution in [0.2, 0.25) is 5.02 Å². The zero-order valence-corrected chi connectivity index (χ0v) is 22.2. The van der Waals surface area contributed by atoms with Crippen LogP contribution >= 0.6 is 22.9 Å². The van der Waals surface area contributed by atoms with Crippen molar-refractivity contribution in [2.24, 2.45) is 5.92 Å². The molecule has 182 valence electrons. The van der Waals surface area contributed by atoms with Gasteiger partial charge in [0.1, 0.15) is 0 Å². The van der Waals surface area contributed by atoms with E-state index in [0.717, 1.165) is 52.0 Å². The predicted molar refractivity (Wildman–Crippen MR) is 144 cm³/mol. The van der Waals surface area contributed by atoms with E-state index in [1.807, 2.05) is 41.1 Å². The molecule has 1 saturated heterocycles. The van der Waals surface area contributed by atoms with Crippen molar-refractivity contribution in [2.45, 2.75) is 31.2 Å². The van der Waals surface area contributed by atoms with Gasteiger partial charge in [-0.3, -0.25) is 4.90 Å². The summed E-state index contributed by atoms with van der Waals surface area (Å²) in [4.78, 5) is 4.86. The highest BCUT2D eigenvalue weighted by Gasteiger charge is 2.21. The molecule has 3 heterocycles. The number of aromatic nitrogens is 2. The molecule has 2 aromatic heterocycles. The van der Waals surface area contributed by atoms with E-state index in [1.165, 1.54) is 19.1 Å². The lowest BCUT2D eigenvalue weighted by Gasteiger charge is -2.30. The molecule has 0 aliphatic carbocycles. The Morgan fingerprint density at radius 2 is 1.86 bits per heavy atom. The highest BCUT2D eigenvalue weighted by atomic mass is 35.5. The minimum Gasteiger partial charge on any atom is -0.297 e. The van der Waals surface area contributed by atoms with Crippen molar-refractivity contribution in [3.05, 3.63) is 77.4 Å². The van der Waals surface area contributed by atoms with Gasteiger partial charge >= 0.3 is 0 Å². The van der Waals surface area contributed by atoms with Crippen molar-refractivity contribution in [1.82, 2.24) is 14.7 Å². The third kappa shape index (κ3) is 5.38. The number of halogens is 1. The van der Waals surface area contributed by atoms with Crippen molar-refractivity contribution >= 4 is 32.8 Å². The van der Waals surface area contributed by atoms with Gasteiger partial charge in [-0.15, -0.1) is 11.3 Å². The van der Waals surface area contributed by atoms with Gasteiger partial charge in [-0.2, -0.15) is 5.10 Å². The number of rotatable bonds is 6. The molecule has 0 spiro atoms. The van der Waals surface area contributed by atoms with Gasteiger partial charge in [0.2, 0.25) is 0 Å². The molecule has 0 radical (unpaired) electrons. The van der Waals surface area contributed by atoms with Crippen LogP contribution in [0.4, 0.5) is 0 Å². The zero-order valence-electron chi connectivity index (χ0n) is 19.8. The zero-order chi connectivity index (χ0) is 24.6. The molecule has 1 aliphatic rings. The molecule has 0 amide bonds. The van der Waals surface area contributed by atoms with E-state index in [9.17, 15) is 8.42 Å². The molecule has 4 aromatic rings. The van der Waals surface area contributed by atoms with E-state index in [2.05, 4.69) is 24.0 Å². The van der Waals surface area contributed by atoms with Crippen LogP contribution in [0.1, 0.15) is 25.5 Å². The van der Waals surface area contributed by atoms with Gasteiger partial charge in [0, 0.05) is 24.2 Å². The molecule has 5 nitrogen and oxygen atoms in total. The first-order valence-electron chi connectivity index (χ1n) is 11.7. The van der Waals surface area contributed by atoms with E-state index < -0.39 is 9.84 Å². The van der Waals surface area contributed by atoms with E-state index in [-0.39, 0.29) is 0 Å². The van der Waals surface area contributed by atoms with Crippen LogP contribution in [0.15, 0.2) is 71.6 Å². The molecular weight excluding hydrogens is 498 g/mol. The highest BCUT2D eigenvalue weighted by Crippen LogP contribution is 2.37. The number of nitrogens with zero attached hydrogens (tertiary/aromatic N) is 3. The average molecular weight is 526 g/mol. The van der Waals surface area contributed by atoms with Crippen molar-refractivity contribution < 1.29 is 8.42 Å². The fourth-order valence-electron chi connectivity index (χ4n) is 4.66. The second-order valence-electron chi connectivity index (χ2n) is 9.33. The van der Waals surface area contributed by atoms with Gasteiger partial charge in [-0.05, 0) is 73.3 Å². The topological polar surface area (TPSA) is 55.2 Å². The third-order valence-electron chi connectivity index (χ3n) is 6.37. The molecular formula is C27H28ClN3O2S2. The highest BCUT2D eigenvalue weighted by molar-refractivity contribution is 7.90. The van der Waals surface area contributed by atoms with Gasteiger partial charge in [-0.25, -0.2) is 13.1 Å². The Morgan fingerprint density at radius 3 is 2.63 bits per heavy atom. The van der Waals surface area contributed by atoms with Crippen LogP contribution in [-0.4, -0.2) is 42.4 Å². The molecule has 1 aliphatic heterocycles. The molecule has 0 N–H and O–H groups in total. The Hall–Kier alpha value is -2.45. The van der Waals surface area contributed by atoms with Crippen LogP contribution in [0.5, 0.6) is 0 Å².